The van der Waals surface area contributed by atoms with Crippen LogP contribution in [0.3, 0.4) is 0 Å². The summed E-state index contributed by atoms with van der Waals surface area (Å²) >= 11 is 1.55. The Morgan fingerprint density at radius 1 is 1.29 bits per heavy atom. The zero-order valence-electron chi connectivity index (χ0n) is 11.9. The van der Waals surface area contributed by atoms with Crippen molar-refractivity contribution in [3.8, 4) is 0 Å². The van der Waals surface area contributed by atoms with E-state index in [1.54, 1.807) is 16.8 Å². The molecule has 1 saturated heterocycles. The molecule has 2 heterocycles. The summed E-state index contributed by atoms with van der Waals surface area (Å²) in [6.07, 6.45) is 2.07. The Bertz CT molecular complexity index is 562. The molecule has 0 aliphatic carbocycles. The van der Waals surface area contributed by atoms with E-state index in [9.17, 15) is 4.79 Å². The summed E-state index contributed by atoms with van der Waals surface area (Å²) in [7, 11) is 0. The molecule has 1 aromatic carbocycles. The van der Waals surface area contributed by atoms with Crippen LogP contribution in [0, 0.1) is 0 Å². The second-order valence-electron chi connectivity index (χ2n) is 5.31. The van der Waals surface area contributed by atoms with Crippen LogP contribution in [0.4, 0.5) is 4.79 Å². The maximum absolute atomic E-state index is 12.1. The minimum absolute atomic E-state index is 0.0227. The number of aromatic nitrogens is 1. The van der Waals surface area contributed by atoms with Crippen molar-refractivity contribution < 1.29 is 4.79 Å². The van der Waals surface area contributed by atoms with Crippen molar-refractivity contribution in [1.29, 1.82) is 0 Å². The van der Waals surface area contributed by atoms with Gasteiger partial charge in [-0.25, -0.2) is 9.78 Å². The highest BCUT2D eigenvalue weighted by Gasteiger charge is 2.23. The average molecular weight is 301 g/mol. The van der Waals surface area contributed by atoms with Gasteiger partial charge in [-0.1, -0.05) is 30.3 Å². The Kier molecular flexibility index (Phi) is 4.50. The number of carbonyl (C=O) groups is 1. The smallest absolute Gasteiger partial charge is 0.317 e. The van der Waals surface area contributed by atoms with E-state index in [4.69, 9.17) is 0 Å². The molecule has 0 atom stereocenters. The van der Waals surface area contributed by atoms with E-state index in [-0.39, 0.29) is 6.03 Å². The monoisotopic (exact) mass is 301 g/mol. The van der Waals surface area contributed by atoms with E-state index in [0.29, 0.717) is 12.5 Å². The summed E-state index contributed by atoms with van der Waals surface area (Å²) in [6.45, 7) is 2.16. The lowest BCUT2D eigenvalue weighted by molar-refractivity contribution is 0.181. The Morgan fingerprint density at radius 2 is 2.05 bits per heavy atom. The topological polar surface area (TPSA) is 45.2 Å². The summed E-state index contributed by atoms with van der Waals surface area (Å²) in [6, 6.07) is 10.6. The van der Waals surface area contributed by atoms with Crippen LogP contribution in [0.1, 0.15) is 30.0 Å². The number of urea groups is 1. The highest BCUT2D eigenvalue weighted by atomic mass is 32.1. The fourth-order valence-corrected chi connectivity index (χ4v) is 3.30. The van der Waals surface area contributed by atoms with Crippen molar-refractivity contribution in [3.05, 3.63) is 52.5 Å². The molecule has 1 aliphatic heterocycles. The predicted octanol–water partition coefficient (Wildman–Crippen LogP) is 3.23. The zero-order valence-corrected chi connectivity index (χ0v) is 12.7. The van der Waals surface area contributed by atoms with E-state index in [1.165, 1.54) is 5.56 Å². The third kappa shape index (κ3) is 3.61. The molecule has 110 valence electrons. The second kappa shape index (κ2) is 6.72. The number of rotatable bonds is 3. The molecule has 2 amide bonds. The lowest BCUT2D eigenvalue weighted by atomic mass is 9.90. The van der Waals surface area contributed by atoms with Gasteiger partial charge in [-0.15, -0.1) is 11.3 Å². The van der Waals surface area contributed by atoms with Gasteiger partial charge in [0.15, 0.2) is 0 Å². The predicted molar refractivity (Wildman–Crippen MR) is 84.3 cm³/mol. The van der Waals surface area contributed by atoms with Crippen LogP contribution in [0.25, 0.3) is 0 Å². The van der Waals surface area contributed by atoms with Gasteiger partial charge in [-0.05, 0) is 24.3 Å². The van der Waals surface area contributed by atoms with Gasteiger partial charge < -0.3 is 10.2 Å². The summed E-state index contributed by atoms with van der Waals surface area (Å²) in [5, 5.41) is 4.90. The number of hydrogen-bond acceptors (Lipinski definition) is 3. The summed E-state index contributed by atoms with van der Waals surface area (Å²) < 4.78 is 0. The minimum atomic E-state index is 0.0227. The van der Waals surface area contributed by atoms with Gasteiger partial charge in [0.25, 0.3) is 0 Å². The van der Waals surface area contributed by atoms with Gasteiger partial charge in [0.1, 0.15) is 0 Å². The van der Waals surface area contributed by atoms with Crippen LogP contribution in [0.5, 0.6) is 0 Å². The minimum Gasteiger partial charge on any atom is -0.332 e. The number of carbonyl (C=O) groups excluding carboxylic acids is 1. The number of amides is 2. The first kappa shape index (κ1) is 14.1. The van der Waals surface area contributed by atoms with Crippen LogP contribution < -0.4 is 5.32 Å². The van der Waals surface area contributed by atoms with Gasteiger partial charge in [0.05, 0.1) is 17.7 Å². The highest BCUT2D eigenvalue weighted by molar-refractivity contribution is 7.07. The average Bonchev–Trinajstić information content (AvgIpc) is 3.07. The maximum atomic E-state index is 12.1. The van der Waals surface area contributed by atoms with E-state index in [1.807, 2.05) is 16.3 Å². The first-order valence-electron chi connectivity index (χ1n) is 7.28. The molecular formula is C16H19N3OS. The number of piperidine rings is 1. The molecule has 0 unspecified atom stereocenters. The first-order valence-corrected chi connectivity index (χ1v) is 8.22. The van der Waals surface area contributed by atoms with Gasteiger partial charge in [-0.3, -0.25) is 0 Å². The molecule has 2 aromatic rings. The number of nitrogens with one attached hydrogen (secondary N) is 1. The Hall–Kier alpha value is -1.88. The number of thiazole rings is 1. The number of likely N-dealkylation sites (tertiary alicyclic amines) is 1. The van der Waals surface area contributed by atoms with Gasteiger partial charge >= 0.3 is 6.03 Å². The first-order chi connectivity index (χ1) is 10.3. The van der Waals surface area contributed by atoms with Crippen LogP contribution in [0.2, 0.25) is 0 Å². The summed E-state index contributed by atoms with van der Waals surface area (Å²) in [4.78, 5) is 18.2. The van der Waals surface area contributed by atoms with Crippen molar-refractivity contribution in [2.75, 3.05) is 13.1 Å². The molecular weight excluding hydrogens is 282 g/mol. The van der Waals surface area contributed by atoms with Gasteiger partial charge in [0, 0.05) is 18.5 Å². The standard InChI is InChI=1S/C16H19N3OS/c20-16(17-10-15-11-21-12-18-15)19-8-6-14(7-9-19)13-4-2-1-3-5-13/h1-5,11-12,14H,6-10H2,(H,17,20). The maximum Gasteiger partial charge on any atom is 0.317 e. The molecule has 1 fully saturated rings. The summed E-state index contributed by atoms with van der Waals surface area (Å²) in [5.41, 5.74) is 4.10. The largest absolute Gasteiger partial charge is 0.332 e. The van der Waals surface area contributed by atoms with Crippen LogP contribution in [-0.4, -0.2) is 29.0 Å². The van der Waals surface area contributed by atoms with Crippen molar-refractivity contribution in [2.24, 2.45) is 0 Å². The molecule has 1 N–H and O–H groups in total. The molecule has 0 radical (unpaired) electrons. The normalized spacial score (nSPS) is 15.9. The van der Waals surface area contributed by atoms with Crippen molar-refractivity contribution in [1.82, 2.24) is 15.2 Å². The second-order valence-corrected chi connectivity index (χ2v) is 6.03. The molecule has 0 saturated carbocycles. The van der Waals surface area contributed by atoms with Gasteiger partial charge in [-0.2, -0.15) is 0 Å². The van der Waals surface area contributed by atoms with Crippen molar-refractivity contribution in [3.63, 3.8) is 0 Å². The Morgan fingerprint density at radius 3 is 2.71 bits per heavy atom. The van der Waals surface area contributed by atoms with E-state index in [0.717, 1.165) is 31.6 Å². The van der Waals surface area contributed by atoms with Crippen LogP contribution in [-0.2, 0) is 6.54 Å². The lowest BCUT2D eigenvalue weighted by Gasteiger charge is -2.32. The molecule has 1 aliphatic rings. The molecule has 3 rings (SSSR count). The molecule has 0 spiro atoms. The molecule has 5 heteroatoms. The van der Waals surface area contributed by atoms with E-state index in [2.05, 4.69) is 34.6 Å². The molecule has 1 aromatic heterocycles. The van der Waals surface area contributed by atoms with E-state index >= 15 is 0 Å². The van der Waals surface area contributed by atoms with Crippen molar-refractivity contribution in [2.45, 2.75) is 25.3 Å². The highest BCUT2D eigenvalue weighted by Crippen LogP contribution is 2.27. The summed E-state index contributed by atoms with van der Waals surface area (Å²) in [5.74, 6) is 0.578. The number of benzene rings is 1. The number of hydrogen-bond donors (Lipinski definition) is 1. The molecule has 21 heavy (non-hydrogen) atoms. The SMILES string of the molecule is O=C(NCc1cscn1)N1CCC(c2ccccc2)CC1. The third-order valence-corrected chi connectivity index (χ3v) is 4.59. The lowest BCUT2D eigenvalue weighted by Crippen LogP contribution is -2.43. The Balaban J connectivity index is 1.48. The third-order valence-electron chi connectivity index (χ3n) is 3.96. The number of nitrogens with zero attached hydrogens (tertiary/aromatic N) is 2. The van der Waals surface area contributed by atoms with Crippen LogP contribution >= 0.6 is 11.3 Å². The molecule has 0 bridgehead atoms. The fourth-order valence-electron chi connectivity index (χ4n) is 2.74. The van der Waals surface area contributed by atoms with Crippen LogP contribution in [0.15, 0.2) is 41.2 Å². The van der Waals surface area contributed by atoms with E-state index < -0.39 is 0 Å². The quantitative estimate of drug-likeness (QED) is 0.946. The van der Waals surface area contributed by atoms with Gasteiger partial charge in [0.2, 0.25) is 0 Å². The molecule has 4 nitrogen and oxygen atoms in total. The zero-order chi connectivity index (χ0) is 14.5. The van der Waals surface area contributed by atoms with Crippen molar-refractivity contribution >= 4 is 17.4 Å². The Labute approximate surface area is 128 Å². The fraction of sp³-hybridized carbons (Fsp3) is 0.375.